The monoisotopic (exact) mass is 412 g/mol. The zero-order valence-corrected chi connectivity index (χ0v) is 17.3. The maximum absolute atomic E-state index is 5.83. The van der Waals surface area contributed by atoms with Gasteiger partial charge in [0, 0.05) is 0 Å². The van der Waals surface area contributed by atoms with Gasteiger partial charge in [0.25, 0.3) is 5.89 Å². The first-order valence-corrected chi connectivity index (χ1v) is 10.9. The fourth-order valence-electron chi connectivity index (χ4n) is 2.71. The van der Waals surface area contributed by atoms with E-state index in [9.17, 15) is 0 Å². The van der Waals surface area contributed by atoms with Crippen LogP contribution in [-0.4, -0.2) is 30.4 Å². The van der Waals surface area contributed by atoms with Gasteiger partial charge in [-0.3, -0.25) is 0 Å². The van der Waals surface area contributed by atoms with E-state index in [2.05, 4.69) is 56.9 Å². The SMILES string of the molecule is CCCCc1ccc(-n2nnnc2SC(C)c2nnc(-c3cccs3)o2)cc1. The molecule has 0 fully saturated rings. The van der Waals surface area contributed by atoms with Crippen molar-refractivity contribution in [1.29, 1.82) is 0 Å². The van der Waals surface area contributed by atoms with E-state index in [0.717, 1.165) is 17.0 Å². The van der Waals surface area contributed by atoms with Gasteiger partial charge in [0.2, 0.25) is 11.0 Å². The largest absolute Gasteiger partial charge is 0.419 e. The third-order valence-corrected chi connectivity index (χ3v) is 6.12. The Labute approximate surface area is 171 Å². The van der Waals surface area contributed by atoms with Crippen LogP contribution in [0.15, 0.2) is 51.4 Å². The van der Waals surface area contributed by atoms with Gasteiger partial charge in [-0.15, -0.1) is 26.6 Å². The molecule has 9 heteroatoms. The number of thioether (sulfide) groups is 1. The summed E-state index contributed by atoms with van der Waals surface area (Å²) in [5, 5.41) is 23.1. The van der Waals surface area contributed by atoms with Gasteiger partial charge in [0.1, 0.15) is 0 Å². The molecule has 0 bridgehead atoms. The maximum Gasteiger partial charge on any atom is 0.257 e. The van der Waals surface area contributed by atoms with Crippen LogP contribution in [0.25, 0.3) is 16.5 Å². The Morgan fingerprint density at radius 1 is 1.14 bits per heavy atom. The Bertz CT molecular complexity index is 1010. The third-order valence-electron chi connectivity index (χ3n) is 4.24. The molecule has 3 aromatic heterocycles. The lowest BCUT2D eigenvalue weighted by atomic mass is 10.1. The fraction of sp³-hybridized carbons (Fsp3) is 0.316. The van der Waals surface area contributed by atoms with Crippen molar-refractivity contribution < 1.29 is 4.42 Å². The molecule has 4 rings (SSSR count). The molecular weight excluding hydrogens is 392 g/mol. The van der Waals surface area contributed by atoms with Crippen LogP contribution in [-0.2, 0) is 6.42 Å². The lowest BCUT2D eigenvalue weighted by Crippen LogP contribution is -2.01. The first-order valence-electron chi connectivity index (χ1n) is 9.16. The summed E-state index contributed by atoms with van der Waals surface area (Å²) in [7, 11) is 0. The number of aryl methyl sites for hydroxylation is 1. The van der Waals surface area contributed by atoms with Crippen molar-refractivity contribution in [3.05, 3.63) is 53.2 Å². The van der Waals surface area contributed by atoms with Crippen molar-refractivity contribution in [1.82, 2.24) is 30.4 Å². The van der Waals surface area contributed by atoms with Crippen molar-refractivity contribution in [3.63, 3.8) is 0 Å². The van der Waals surface area contributed by atoms with Gasteiger partial charge in [-0.05, 0) is 59.3 Å². The Hall–Kier alpha value is -2.52. The van der Waals surface area contributed by atoms with Crippen molar-refractivity contribution >= 4 is 23.1 Å². The minimum atomic E-state index is -0.0743. The van der Waals surface area contributed by atoms with Gasteiger partial charge >= 0.3 is 0 Å². The summed E-state index contributed by atoms with van der Waals surface area (Å²) in [5.74, 6) is 1.09. The maximum atomic E-state index is 5.83. The predicted octanol–water partition coefficient (Wildman–Crippen LogP) is 4.97. The average molecular weight is 413 g/mol. The fourth-order valence-corrected chi connectivity index (χ4v) is 4.19. The Morgan fingerprint density at radius 2 is 2.00 bits per heavy atom. The van der Waals surface area contributed by atoms with Gasteiger partial charge in [0.15, 0.2) is 0 Å². The van der Waals surface area contributed by atoms with Crippen LogP contribution in [0.1, 0.15) is 43.4 Å². The van der Waals surface area contributed by atoms with Gasteiger partial charge in [-0.2, -0.15) is 4.68 Å². The number of rotatable bonds is 8. The smallest absolute Gasteiger partial charge is 0.257 e. The molecule has 3 heterocycles. The van der Waals surface area contributed by atoms with E-state index in [1.54, 1.807) is 16.0 Å². The van der Waals surface area contributed by atoms with E-state index in [1.807, 2.05) is 24.4 Å². The molecule has 0 aliphatic heterocycles. The van der Waals surface area contributed by atoms with Crippen LogP contribution >= 0.6 is 23.1 Å². The quantitative estimate of drug-likeness (QED) is 0.378. The van der Waals surface area contributed by atoms with E-state index < -0.39 is 0 Å². The number of aromatic nitrogens is 6. The van der Waals surface area contributed by atoms with Crippen LogP contribution in [0.4, 0.5) is 0 Å². The molecule has 0 saturated carbocycles. The van der Waals surface area contributed by atoms with Crippen LogP contribution in [0.3, 0.4) is 0 Å². The topological polar surface area (TPSA) is 82.5 Å². The predicted molar refractivity (Wildman–Crippen MR) is 110 cm³/mol. The molecule has 0 aliphatic rings. The summed E-state index contributed by atoms with van der Waals surface area (Å²) in [6.07, 6.45) is 3.48. The normalized spacial score (nSPS) is 12.4. The molecule has 7 nitrogen and oxygen atoms in total. The molecule has 1 unspecified atom stereocenters. The van der Waals surface area contributed by atoms with E-state index >= 15 is 0 Å². The van der Waals surface area contributed by atoms with Crippen molar-refractivity contribution in [2.45, 2.75) is 43.5 Å². The molecule has 144 valence electrons. The molecule has 1 atom stereocenters. The molecule has 0 spiro atoms. The molecule has 0 radical (unpaired) electrons. The van der Waals surface area contributed by atoms with E-state index in [4.69, 9.17) is 4.42 Å². The lowest BCUT2D eigenvalue weighted by molar-refractivity contribution is 0.510. The Balaban J connectivity index is 1.48. The molecule has 0 aliphatic carbocycles. The highest BCUT2D eigenvalue weighted by atomic mass is 32.2. The summed E-state index contributed by atoms with van der Waals surface area (Å²) < 4.78 is 7.56. The lowest BCUT2D eigenvalue weighted by Gasteiger charge is -2.08. The van der Waals surface area contributed by atoms with Crippen LogP contribution in [0.5, 0.6) is 0 Å². The van der Waals surface area contributed by atoms with Crippen LogP contribution in [0, 0.1) is 0 Å². The van der Waals surface area contributed by atoms with E-state index in [1.165, 1.54) is 30.2 Å². The first-order chi connectivity index (χ1) is 13.7. The number of hydrogen-bond donors (Lipinski definition) is 0. The highest BCUT2D eigenvalue weighted by Crippen LogP contribution is 2.35. The zero-order valence-electron chi connectivity index (χ0n) is 15.6. The van der Waals surface area contributed by atoms with E-state index in [0.29, 0.717) is 16.9 Å². The minimum absolute atomic E-state index is 0.0743. The molecule has 1 aromatic carbocycles. The van der Waals surface area contributed by atoms with Crippen LogP contribution in [0.2, 0.25) is 0 Å². The number of hydrogen-bond acceptors (Lipinski definition) is 8. The number of unbranched alkanes of at least 4 members (excludes halogenated alkanes) is 1. The second-order valence-electron chi connectivity index (χ2n) is 6.33. The van der Waals surface area contributed by atoms with Crippen molar-refractivity contribution in [2.24, 2.45) is 0 Å². The van der Waals surface area contributed by atoms with Gasteiger partial charge in [0.05, 0.1) is 15.8 Å². The molecule has 28 heavy (non-hydrogen) atoms. The number of benzene rings is 1. The Morgan fingerprint density at radius 3 is 2.75 bits per heavy atom. The highest BCUT2D eigenvalue weighted by molar-refractivity contribution is 7.99. The third kappa shape index (κ3) is 4.15. The Kier molecular flexibility index (Phi) is 5.82. The molecule has 0 N–H and O–H groups in total. The summed E-state index contributed by atoms with van der Waals surface area (Å²) in [4.78, 5) is 0.962. The summed E-state index contributed by atoms with van der Waals surface area (Å²) in [6, 6.07) is 12.3. The number of nitrogens with zero attached hydrogens (tertiary/aromatic N) is 6. The second kappa shape index (κ2) is 8.66. The van der Waals surface area contributed by atoms with Gasteiger partial charge < -0.3 is 4.42 Å². The molecule has 4 aromatic rings. The average Bonchev–Trinajstić information content (AvgIpc) is 3.47. The van der Waals surface area contributed by atoms with Crippen LogP contribution < -0.4 is 0 Å². The van der Waals surface area contributed by atoms with Gasteiger partial charge in [-0.1, -0.05) is 43.3 Å². The highest BCUT2D eigenvalue weighted by Gasteiger charge is 2.20. The molecule has 0 saturated heterocycles. The molecular formula is C19H20N6OS2. The summed E-state index contributed by atoms with van der Waals surface area (Å²) in [5.41, 5.74) is 2.26. The zero-order chi connectivity index (χ0) is 19.3. The van der Waals surface area contributed by atoms with Gasteiger partial charge in [-0.25, -0.2) is 0 Å². The minimum Gasteiger partial charge on any atom is -0.419 e. The van der Waals surface area contributed by atoms with E-state index in [-0.39, 0.29) is 5.25 Å². The van der Waals surface area contributed by atoms with Crippen molar-refractivity contribution in [3.8, 4) is 16.5 Å². The molecule has 0 amide bonds. The number of tetrazole rings is 1. The summed E-state index contributed by atoms with van der Waals surface area (Å²) >= 11 is 3.06. The summed E-state index contributed by atoms with van der Waals surface area (Å²) in [6.45, 7) is 4.20. The number of thiophene rings is 1. The van der Waals surface area contributed by atoms with Crippen molar-refractivity contribution in [2.75, 3.05) is 0 Å². The first kappa shape index (κ1) is 18.8. The standard InChI is InChI=1S/C19H20N6OS2/c1-3-4-6-14-8-10-15(11-9-14)25-19(22-23-24-25)28-13(2)17-20-21-18(26-17)16-7-5-12-27-16/h5,7-13H,3-4,6H2,1-2H3. The second-order valence-corrected chi connectivity index (χ2v) is 8.58.